The Balaban J connectivity index is 1.91. The Bertz CT molecular complexity index is 597. The largest absolute Gasteiger partial charge is 0.598 e. The number of nitrogens with zero attached hydrogens (tertiary/aromatic N) is 1. The molecule has 1 aromatic heterocycles. The van der Waals surface area contributed by atoms with Crippen LogP contribution in [0.15, 0.2) is 48.7 Å². The van der Waals surface area contributed by atoms with Crippen LogP contribution in [0.3, 0.4) is 0 Å². The summed E-state index contributed by atoms with van der Waals surface area (Å²) in [6.07, 6.45) is 1.70. The van der Waals surface area contributed by atoms with E-state index in [2.05, 4.69) is 9.71 Å². The molecule has 0 aliphatic carbocycles. The molecule has 5 heteroatoms. The van der Waals surface area contributed by atoms with Gasteiger partial charge in [-0.3, -0.25) is 4.98 Å². The monoisotopic (exact) mass is 332 g/mol. The lowest BCUT2D eigenvalue weighted by molar-refractivity contribution is 0.304. The Morgan fingerprint density at radius 2 is 1.87 bits per heavy atom. The van der Waals surface area contributed by atoms with E-state index in [9.17, 15) is 4.55 Å². The van der Waals surface area contributed by atoms with Crippen molar-refractivity contribution >= 4 is 11.4 Å². The SMILES string of the molecule is C[C@@H](N[S@+]([O-])C(C)(C)C)c1ccc(OCc2ccccc2)cn1. The third-order valence-corrected chi connectivity index (χ3v) is 4.97. The minimum absolute atomic E-state index is 0.0850. The summed E-state index contributed by atoms with van der Waals surface area (Å²) in [5.41, 5.74) is 1.96. The summed E-state index contributed by atoms with van der Waals surface area (Å²) in [5.74, 6) is 0.724. The topological polar surface area (TPSA) is 57.2 Å². The summed E-state index contributed by atoms with van der Waals surface area (Å²) < 4.78 is 20.6. The molecule has 23 heavy (non-hydrogen) atoms. The van der Waals surface area contributed by atoms with E-state index in [1.807, 2.05) is 70.2 Å². The summed E-state index contributed by atoms with van der Waals surface area (Å²) in [4.78, 5) is 4.40. The summed E-state index contributed by atoms with van der Waals surface area (Å²) in [5, 5.41) is 0. The number of nitrogens with one attached hydrogen (secondary N) is 1. The van der Waals surface area contributed by atoms with Gasteiger partial charge in [-0.25, -0.2) is 0 Å². The Morgan fingerprint density at radius 3 is 2.43 bits per heavy atom. The van der Waals surface area contributed by atoms with E-state index in [0.717, 1.165) is 17.0 Å². The lowest BCUT2D eigenvalue weighted by atomic mass is 10.2. The fourth-order valence-electron chi connectivity index (χ4n) is 1.87. The molecule has 0 radical (unpaired) electrons. The molecule has 0 aliphatic heterocycles. The van der Waals surface area contributed by atoms with Gasteiger partial charge in [0.25, 0.3) is 0 Å². The highest BCUT2D eigenvalue weighted by Gasteiger charge is 2.28. The standard InChI is InChI=1S/C18H24N2O2S/c1-14(20-23(21)18(2,3)4)17-11-10-16(12-19-17)22-13-15-8-6-5-7-9-15/h5-12,14,20H,13H2,1-4H3/t14-,23-/m1/s1. The minimum atomic E-state index is -1.12. The summed E-state index contributed by atoms with van der Waals surface area (Å²) in [6, 6.07) is 13.7. The summed E-state index contributed by atoms with van der Waals surface area (Å²) in [6.45, 7) is 8.30. The highest BCUT2D eigenvalue weighted by molar-refractivity contribution is 7.90. The van der Waals surface area contributed by atoms with Crippen LogP contribution in [-0.2, 0) is 18.0 Å². The molecule has 2 atom stereocenters. The molecule has 0 amide bonds. The first-order chi connectivity index (χ1) is 10.9. The first-order valence-corrected chi connectivity index (χ1v) is 8.82. The molecule has 0 spiro atoms. The van der Waals surface area contributed by atoms with Crippen LogP contribution in [0.4, 0.5) is 0 Å². The Labute approximate surface area is 141 Å². The van der Waals surface area contributed by atoms with E-state index in [1.54, 1.807) is 6.20 Å². The zero-order chi connectivity index (χ0) is 16.9. The van der Waals surface area contributed by atoms with E-state index in [1.165, 1.54) is 0 Å². The van der Waals surface area contributed by atoms with Gasteiger partial charge in [-0.1, -0.05) is 30.3 Å². The van der Waals surface area contributed by atoms with Crippen molar-refractivity contribution in [1.29, 1.82) is 0 Å². The van der Waals surface area contributed by atoms with Crippen molar-refractivity contribution in [3.05, 3.63) is 59.9 Å². The lowest BCUT2D eigenvalue weighted by Gasteiger charge is -2.26. The first-order valence-electron chi connectivity index (χ1n) is 7.67. The quantitative estimate of drug-likeness (QED) is 0.818. The van der Waals surface area contributed by atoms with Crippen LogP contribution in [-0.4, -0.2) is 14.3 Å². The highest BCUT2D eigenvalue weighted by Crippen LogP contribution is 2.20. The molecule has 0 saturated heterocycles. The van der Waals surface area contributed by atoms with Crippen molar-refractivity contribution in [1.82, 2.24) is 9.71 Å². The van der Waals surface area contributed by atoms with Crippen molar-refractivity contribution < 1.29 is 9.29 Å². The zero-order valence-electron chi connectivity index (χ0n) is 14.1. The van der Waals surface area contributed by atoms with Crippen molar-refractivity contribution in [3.8, 4) is 5.75 Å². The van der Waals surface area contributed by atoms with E-state index >= 15 is 0 Å². The van der Waals surface area contributed by atoms with E-state index in [-0.39, 0.29) is 10.8 Å². The third kappa shape index (κ3) is 5.53. The van der Waals surface area contributed by atoms with Crippen molar-refractivity contribution in [2.24, 2.45) is 0 Å². The van der Waals surface area contributed by atoms with Gasteiger partial charge < -0.3 is 9.29 Å². The van der Waals surface area contributed by atoms with E-state index < -0.39 is 11.4 Å². The lowest BCUT2D eigenvalue weighted by Crippen LogP contribution is -2.40. The van der Waals surface area contributed by atoms with Gasteiger partial charge in [0.15, 0.2) is 0 Å². The maximum absolute atomic E-state index is 12.1. The summed E-state index contributed by atoms with van der Waals surface area (Å²) in [7, 11) is 0. The van der Waals surface area contributed by atoms with Crippen LogP contribution in [0.2, 0.25) is 0 Å². The van der Waals surface area contributed by atoms with Crippen LogP contribution in [0, 0.1) is 0 Å². The molecule has 1 aromatic carbocycles. The third-order valence-electron chi connectivity index (χ3n) is 3.29. The van der Waals surface area contributed by atoms with Crippen LogP contribution >= 0.6 is 0 Å². The predicted octanol–water partition coefficient (Wildman–Crippen LogP) is 3.77. The second kappa shape index (κ2) is 7.81. The molecule has 2 aromatic rings. The molecule has 0 fully saturated rings. The molecule has 0 unspecified atom stereocenters. The molecule has 1 N–H and O–H groups in total. The number of rotatable bonds is 6. The van der Waals surface area contributed by atoms with Crippen molar-refractivity contribution in [2.75, 3.05) is 0 Å². The second-order valence-electron chi connectivity index (χ2n) is 6.41. The molecule has 0 bridgehead atoms. The summed E-state index contributed by atoms with van der Waals surface area (Å²) >= 11 is -1.12. The maximum Gasteiger partial charge on any atom is 0.138 e. The smallest absolute Gasteiger partial charge is 0.138 e. The van der Waals surface area contributed by atoms with Crippen LogP contribution < -0.4 is 9.46 Å². The Kier molecular flexibility index (Phi) is 6.04. The number of pyridine rings is 1. The van der Waals surface area contributed by atoms with Gasteiger partial charge in [0.2, 0.25) is 0 Å². The average molecular weight is 332 g/mol. The number of hydrogen-bond donors (Lipinski definition) is 1. The molecular weight excluding hydrogens is 308 g/mol. The number of ether oxygens (including phenoxy) is 1. The fourth-order valence-corrected chi connectivity index (χ4v) is 2.67. The van der Waals surface area contributed by atoms with Gasteiger partial charge in [-0.2, -0.15) is 0 Å². The molecule has 124 valence electrons. The fraction of sp³-hybridized carbons (Fsp3) is 0.389. The highest BCUT2D eigenvalue weighted by atomic mass is 32.2. The van der Waals surface area contributed by atoms with Crippen LogP contribution in [0.1, 0.15) is 45.0 Å². The zero-order valence-corrected chi connectivity index (χ0v) is 14.9. The molecule has 0 aliphatic rings. The average Bonchev–Trinajstić information content (AvgIpc) is 2.53. The first kappa shape index (κ1) is 17.8. The molecule has 4 nitrogen and oxygen atoms in total. The van der Waals surface area contributed by atoms with E-state index in [0.29, 0.717) is 6.61 Å². The van der Waals surface area contributed by atoms with Gasteiger partial charge in [-0.05, 0) is 45.4 Å². The second-order valence-corrected chi connectivity index (χ2v) is 8.41. The van der Waals surface area contributed by atoms with Crippen molar-refractivity contribution in [2.45, 2.75) is 45.1 Å². The molecule has 2 rings (SSSR count). The van der Waals surface area contributed by atoms with E-state index in [4.69, 9.17) is 4.74 Å². The number of aromatic nitrogens is 1. The van der Waals surface area contributed by atoms with Crippen molar-refractivity contribution in [3.63, 3.8) is 0 Å². The Hall–Kier alpha value is -1.56. The van der Waals surface area contributed by atoms with Gasteiger partial charge >= 0.3 is 0 Å². The van der Waals surface area contributed by atoms with Crippen LogP contribution in [0.5, 0.6) is 5.75 Å². The number of hydrogen-bond acceptors (Lipinski definition) is 4. The molecule has 0 saturated carbocycles. The van der Waals surface area contributed by atoms with Gasteiger partial charge in [0, 0.05) is 11.4 Å². The minimum Gasteiger partial charge on any atom is -0.598 e. The number of benzene rings is 1. The molecule has 1 heterocycles. The van der Waals surface area contributed by atoms with Gasteiger partial charge in [0.05, 0.1) is 17.9 Å². The molecular formula is C18H24N2O2S. The normalized spacial score (nSPS) is 14.3. The van der Waals surface area contributed by atoms with Gasteiger partial charge in [0.1, 0.15) is 17.1 Å². The van der Waals surface area contributed by atoms with Gasteiger partial charge in [-0.15, -0.1) is 4.72 Å². The predicted molar refractivity (Wildman–Crippen MR) is 94.5 cm³/mol. The Morgan fingerprint density at radius 1 is 1.17 bits per heavy atom. The maximum atomic E-state index is 12.1. The van der Waals surface area contributed by atoms with Crippen LogP contribution in [0.25, 0.3) is 0 Å².